The number of carboxylic acids is 1. The number of carbonyl (C=O) groups excluding carboxylic acids is 1. The second-order valence-electron chi connectivity index (χ2n) is 4.19. The van der Waals surface area contributed by atoms with Crippen molar-refractivity contribution in [1.82, 2.24) is 0 Å². The number of aromatic carboxylic acids is 1. The van der Waals surface area contributed by atoms with Crippen molar-refractivity contribution in [2.75, 3.05) is 11.1 Å². The molecule has 5 nitrogen and oxygen atoms in total. The maximum Gasteiger partial charge on any atom is 0.337 e. The summed E-state index contributed by atoms with van der Waals surface area (Å²) in [5.74, 6) is -2.63. The van der Waals surface area contributed by atoms with E-state index >= 15 is 0 Å². The van der Waals surface area contributed by atoms with Crippen LogP contribution in [0, 0.1) is 5.82 Å². The maximum atomic E-state index is 13.1. The number of carboxylic acid groups (broad SMARTS) is 1. The van der Waals surface area contributed by atoms with Crippen molar-refractivity contribution in [1.29, 1.82) is 0 Å². The summed E-state index contributed by atoms with van der Waals surface area (Å²) < 4.78 is 13.1. The zero-order chi connectivity index (χ0) is 15.6. The van der Waals surface area contributed by atoms with Gasteiger partial charge < -0.3 is 16.2 Å². The first-order chi connectivity index (χ1) is 9.88. The van der Waals surface area contributed by atoms with Crippen LogP contribution in [0.3, 0.4) is 0 Å². The average Bonchev–Trinajstić information content (AvgIpc) is 2.43. The fraction of sp³-hybridized carbons (Fsp3) is 0. The topological polar surface area (TPSA) is 92.4 Å². The molecule has 0 unspecified atom stereocenters. The zero-order valence-electron chi connectivity index (χ0n) is 10.6. The Morgan fingerprint density at radius 2 is 1.90 bits per heavy atom. The number of anilines is 2. The minimum Gasteiger partial charge on any atom is -0.478 e. The van der Waals surface area contributed by atoms with E-state index in [1.54, 1.807) is 0 Å². The van der Waals surface area contributed by atoms with Crippen molar-refractivity contribution in [2.45, 2.75) is 0 Å². The van der Waals surface area contributed by atoms with E-state index in [2.05, 4.69) is 5.32 Å². The van der Waals surface area contributed by atoms with Crippen LogP contribution in [0.1, 0.15) is 20.7 Å². The van der Waals surface area contributed by atoms with Gasteiger partial charge in [0.15, 0.2) is 0 Å². The number of carbonyl (C=O) groups is 2. The molecule has 21 heavy (non-hydrogen) atoms. The molecule has 108 valence electrons. The second kappa shape index (κ2) is 5.80. The third-order valence-corrected chi connectivity index (χ3v) is 3.05. The molecule has 0 saturated heterocycles. The van der Waals surface area contributed by atoms with Crippen molar-refractivity contribution < 1.29 is 19.1 Å². The van der Waals surface area contributed by atoms with Crippen LogP contribution in [0.4, 0.5) is 15.8 Å². The minimum atomic E-state index is -1.35. The number of nitrogen functional groups attached to an aromatic ring is 1. The van der Waals surface area contributed by atoms with Crippen LogP contribution in [-0.2, 0) is 0 Å². The predicted molar refractivity (Wildman–Crippen MR) is 77.2 cm³/mol. The van der Waals surface area contributed by atoms with Gasteiger partial charge >= 0.3 is 5.97 Å². The van der Waals surface area contributed by atoms with E-state index in [4.69, 9.17) is 22.4 Å². The van der Waals surface area contributed by atoms with E-state index in [0.717, 1.165) is 12.1 Å². The highest BCUT2D eigenvalue weighted by Crippen LogP contribution is 2.22. The molecule has 0 aromatic heterocycles. The van der Waals surface area contributed by atoms with Gasteiger partial charge in [-0.1, -0.05) is 11.6 Å². The van der Waals surface area contributed by atoms with Crippen molar-refractivity contribution in [3.8, 4) is 0 Å². The summed E-state index contributed by atoms with van der Waals surface area (Å²) in [6.07, 6.45) is 0. The van der Waals surface area contributed by atoms with Crippen LogP contribution in [0.25, 0.3) is 0 Å². The lowest BCUT2D eigenvalue weighted by Crippen LogP contribution is -2.15. The van der Waals surface area contributed by atoms with Gasteiger partial charge in [-0.15, -0.1) is 0 Å². The first-order valence-corrected chi connectivity index (χ1v) is 6.15. The van der Waals surface area contributed by atoms with Crippen molar-refractivity contribution in [3.05, 3.63) is 58.4 Å². The summed E-state index contributed by atoms with van der Waals surface area (Å²) in [6, 6.07) is 7.32. The number of halogens is 2. The van der Waals surface area contributed by atoms with Crippen LogP contribution < -0.4 is 11.1 Å². The van der Waals surface area contributed by atoms with Crippen molar-refractivity contribution in [2.24, 2.45) is 0 Å². The summed E-state index contributed by atoms with van der Waals surface area (Å²) in [5, 5.41) is 11.6. The molecule has 0 aliphatic heterocycles. The summed E-state index contributed by atoms with van der Waals surface area (Å²) in [6.45, 7) is 0. The highest BCUT2D eigenvalue weighted by Gasteiger charge is 2.15. The second-order valence-corrected chi connectivity index (χ2v) is 4.59. The Bertz CT molecular complexity index is 734. The van der Waals surface area contributed by atoms with Gasteiger partial charge in [0.25, 0.3) is 5.91 Å². The van der Waals surface area contributed by atoms with E-state index < -0.39 is 17.7 Å². The van der Waals surface area contributed by atoms with Crippen LogP contribution in [-0.4, -0.2) is 17.0 Å². The molecule has 0 aliphatic rings. The van der Waals surface area contributed by atoms with Gasteiger partial charge in [0.1, 0.15) is 5.82 Å². The fourth-order valence-corrected chi connectivity index (χ4v) is 1.85. The lowest BCUT2D eigenvalue weighted by atomic mass is 10.1. The van der Waals surface area contributed by atoms with Crippen LogP contribution in [0.2, 0.25) is 5.02 Å². The highest BCUT2D eigenvalue weighted by molar-refractivity contribution is 6.33. The van der Waals surface area contributed by atoms with E-state index in [1.165, 1.54) is 24.3 Å². The summed E-state index contributed by atoms with van der Waals surface area (Å²) >= 11 is 5.81. The third kappa shape index (κ3) is 3.29. The molecule has 1 amide bonds. The Morgan fingerprint density at radius 1 is 1.19 bits per heavy atom. The number of hydrogen-bond donors (Lipinski definition) is 3. The van der Waals surface area contributed by atoms with Crippen LogP contribution in [0.5, 0.6) is 0 Å². The molecule has 0 atom stereocenters. The molecule has 4 N–H and O–H groups in total. The monoisotopic (exact) mass is 308 g/mol. The molecule has 0 radical (unpaired) electrons. The molecular weight excluding hydrogens is 299 g/mol. The molecule has 0 heterocycles. The fourth-order valence-electron chi connectivity index (χ4n) is 1.67. The molecule has 0 saturated carbocycles. The van der Waals surface area contributed by atoms with E-state index in [-0.39, 0.29) is 21.8 Å². The Morgan fingerprint density at radius 3 is 2.52 bits per heavy atom. The van der Waals surface area contributed by atoms with E-state index in [1.807, 2.05) is 0 Å². The van der Waals surface area contributed by atoms with Gasteiger partial charge in [-0.2, -0.15) is 0 Å². The molecule has 0 spiro atoms. The largest absolute Gasteiger partial charge is 0.478 e. The predicted octanol–water partition coefficient (Wildman–Crippen LogP) is 3.01. The van der Waals surface area contributed by atoms with Crippen LogP contribution in [0.15, 0.2) is 36.4 Å². The summed E-state index contributed by atoms with van der Waals surface area (Å²) in [5.41, 5.74) is 5.71. The minimum absolute atomic E-state index is 0.0122. The smallest absolute Gasteiger partial charge is 0.337 e. The van der Waals surface area contributed by atoms with Crippen molar-refractivity contribution >= 4 is 34.9 Å². The molecule has 2 aromatic rings. The zero-order valence-corrected chi connectivity index (χ0v) is 11.3. The van der Waals surface area contributed by atoms with Gasteiger partial charge in [0.05, 0.1) is 22.0 Å². The van der Waals surface area contributed by atoms with Gasteiger partial charge in [-0.05, 0) is 36.4 Å². The summed E-state index contributed by atoms with van der Waals surface area (Å²) in [7, 11) is 0. The Labute approximate surface area is 124 Å². The Kier molecular flexibility index (Phi) is 4.09. The Balaban J connectivity index is 2.31. The van der Waals surface area contributed by atoms with E-state index in [9.17, 15) is 14.0 Å². The number of hydrogen-bond acceptors (Lipinski definition) is 3. The molecule has 0 fully saturated rings. The first kappa shape index (κ1) is 14.8. The lowest BCUT2D eigenvalue weighted by Gasteiger charge is -2.09. The van der Waals surface area contributed by atoms with Gasteiger partial charge in [-0.3, -0.25) is 4.79 Å². The molecule has 7 heteroatoms. The molecule has 2 aromatic carbocycles. The molecule has 0 aliphatic carbocycles. The molecule has 2 rings (SSSR count). The normalized spacial score (nSPS) is 10.2. The Hall–Kier alpha value is -2.60. The van der Waals surface area contributed by atoms with Gasteiger partial charge in [0, 0.05) is 5.56 Å². The quantitative estimate of drug-likeness (QED) is 0.760. The number of nitrogens with two attached hydrogens (primary N) is 1. The maximum absolute atomic E-state index is 13.1. The van der Waals surface area contributed by atoms with Gasteiger partial charge in [0.2, 0.25) is 0 Å². The molecular formula is C14H10ClFN2O3. The number of rotatable bonds is 3. The molecule has 0 bridgehead atoms. The van der Waals surface area contributed by atoms with Crippen molar-refractivity contribution in [3.63, 3.8) is 0 Å². The number of amides is 1. The SMILES string of the molecule is Nc1ccc(C(=O)Nc2ccc(F)cc2C(=O)O)cc1Cl. The summed E-state index contributed by atoms with van der Waals surface area (Å²) in [4.78, 5) is 23.1. The van der Waals surface area contributed by atoms with Crippen LogP contribution >= 0.6 is 11.6 Å². The standard InChI is InChI=1S/C14H10ClFN2O3/c15-10-5-7(1-3-11(10)17)13(19)18-12-4-2-8(16)6-9(12)14(20)21/h1-6H,17H2,(H,18,19)(H,20,21). The lowest BCUT2D eigenvalue weighted by molar-refractivity contribution is 0.0697. The number of nitrogens with one attached hydrogen (secondary N) is 1. The van der Waals surface area contributed by atoms with E-state index in [0.29, 0.717) is 5.69 Å². The average molecular weight is 309 g/mol. The highest BCUT2D eigenvalue weighted by atomic mass is 35.5. The van der Waals surface area contributed by atoms with Gasteiger partial charge in [-0.25, -0.2) is 9.18 Å². The first-order valence-electron chi connectivity index (χ1n) is 5.77. The third-order valence-electron chi connectivity index (χ3n) is 2.72. The number of benzene rings is 2.